The normalized spacial score (nSPS) is 10.9. The number of hydrogen-bond donors (Lipinski definition) is 1. The highest BCUT2D eigenvalue weighted by molar-refractivity contribution is 6.12. The zero-order valence-electron chi connectivity index (χ0n) is 12.7. The Hall–Kier alpha value is -2.69. The van der Waals surface area contributed by atoms with Crippen LogP contribution in [0.5, 0.6) is 5.75 Å². The second-order valence-corrected chi connectivity index (χ2v) is 5.23. The zero-order chi connectivity index (χ0) is 15.7. The summed E-state index contributed by atoms with van der Waals surface area (Å²) in [6, 6.07) is 5.01. The summed E-state index contributed by atoms with van der Waals surface area (Å²) < 4.78 is 16.2. The smallest absolute Gasteiger partial charge is 0.336 e. The van der Waals surface area contributed by atoms with Crippen LogP contribution in [0.2, 0.25) is 0 Å². The number of hydrogen-bond acceptors (Lipinski definition) is 5. The van der Waals surface area contributed by atoms with Crippen LogP contribution in [0.1, 0.15) is 13.8 Å². The van der Waals surface area contributed by atoms with E-state index in [1.54, 1.807) is 12.3 Å². The lowest BCUT2D eigenvalue weighted by atomic mass is 10.1. The van der Waals surface area contributed by atoms with Gasteiger partial charge in [-0.1, -0.05) is 11.6 Å². The second-order valence-electron chi connectivity index (χ2n) is 5.23. The van der Waals surface area contributed by atoms with Crippen molar-refractivity contribution in [2.75, 3.05) is 19.0 Å². The number of rotatable bonds is 4. The molecule has 3 aromatic rings. The summed E-state index contributed by atoms with van der Waals surface area (Å²) in [6.45, 7) is 4.75. The monoisotopic (exact) mass is 299 g/mol. The number of furan rings is 1. The van der Waals surface area contributed by atoms with E-state index in [4.69, 9.17) is 13.6 Å². The summed E-state index contributed by atoms with van der Waals surface area (Å²) in [6.07, 6.45) is 3.68. The van der Waals surface area contributed by atoms with Crippen molar-refractivity contribution in [2.45, 2.75) is 13.8 Å². The Morgan fingerprint density at radius 3 is 2.73 bits per heavy atom. The van der Waals surface area contributed by atoms with E-state index in [2.05, 4.69) is 11.4 Å². The van der Waals surface area contributed by atoms with E-state index in [0.717, 1.165) is 16.5 Å². The number of methoxy groups -OCH3 is 1. The Kier molecular flexibility index (Phi) is 3.63. The molecule has 0 radical (unpaired) electrons. The lowest BCUT2D eigenvalue weighted by molar-refractivity contribution is 0.403. The fourth-order valence-corrected chi connectivity index (χ4v) is 2.45. The van der Waals surface area contributed by atoms with Gasteiger partial charge < -0.3 is 18.9 Å². The number of ether oxygens (including phenoxy) is 1. The van der Waals surface area contributed by atoms with Crippen LogP contribution in [0, 0.1) is 0 Å². The molecular formula is C17H17NO4. The molecule has 0 spiro atoms. The van der Waals surface area contributed by atoms with Gasteiger partial charge in [-0.2, -0.15) is 0 Å². The predicted octanol–water partition coefficient (Wildman–Crippen LogP) is 3.93. The first-order chi connectivity index (χ1) is 10.6. The average molecular weight is 299 g/mol. The van der Waals surface area contributed by atoms with Crippen LogP contribution in [-0.4, -0.2) is 13.7 Å². The fraction of sp³-hybridized carbons (Fsp3) is 0.235. The lowest BCUT2D eigenvalue weighted by Crippen LogP contribution is -2.03. The van der Waals surface area contributed by atoms with Gasteiger partial charge in [-0.05, 0) is 26.0 Å². The first-order valence-corrected chi connectivity index (χ1v) is 7.00. The lowest BCUT2D eigenvalue weighted by Gasteiger charge is -2.12. The van der Waals surface area contributed by atoms with Gasteiger partial charge in [0, 0.05) is 23.4 Å². The standard InChI is InChI=1S/C17H17NO4/c1-10(2)6-8-18-14-11-4-5-13(19)22-16(11)17(20-3)15-12(14)7-9-21-15/h4-7,9,18H,8H2,1-3H3. The minimum Gasteiger partial charge on any atom is -0.490 e. The third kappa shape index (κ3) is 2.35. The van der Waals surface area contributed by atoms with Gasteiger partial charge in [0.05, 0.1) is 19.1 Å². The molecule has 0 atom stereocenters. The molecule has 0 saturated carbocycles. The van der Waals surface area contributed by atoms with E-state index >= 15 is 0 Å². The van der Waals surface area contributed by atoms with Crippen molar-refractivity contribution in [3.05, 3.63) is 46.5 Å². The fourth-order valence-electron chi connectivity index (χ4n) is 2.45. The highest BCUT2D eigenvalue weighted by Gasteiger charge is 2.18. The summed E-state index contributed by atoms with van der Waals surface area (Å²) in [5, 5.41) is 5.04. The molecule has 0 amide bonds. The molecule has 2 aromatic heterocycles. The molecule has 3 rings (SSSR count). The second kappa shape index (κ2) is 5.60. The van der Waals surface area contributed by atoms with Crippen molar-refractivity contribution >= 4 is 27.6 Å². The van der Waals surface area contributed by atoms with Crippen LogP contribution in [0.15, 0.2) is 49.7 Å². The Labute approximate surface area is 127 Å². The third-order valence-electron chi connectivity index (χ3n) is 3.44. The summed E-state index contributed by atoms with van der Waals surface area (Å²) in [7, 11) is 1.53. The summed E-state index contributed by atoms with van der Waals surface area (Å²) >= 11 is 0. The molecule has 2 heterocycles. The maximum Gasteiger partial charge on any atom is 0.336 e. The average Bonchev–Trinajstić information content (AvgIpc) is 2.95. The van der Waals surface area contributed by atoms with Crippen molar-refractivity contribution in [3.8, 4) is 5.75 Å². The van der Waals surface area contributed by atoms with Crippen LogP contribution < -0.4 is 15.7 Å². The Morgan fingerprint density at radius 1 is 1.23 bits per heavy atom. The van der Waals surface area contributed by atoms with Gasteiger partial charge in [-0.25, -0.2) is 4.79 Å². The minimum absolute atomic E-state index is 0.386. The maximum atomic E-state index is 11.6. The molecule has 0 aliphatic carbocycles. The van der Waals surface area contributed by atoms with Crippen LogP contribution in [0.4, 0.5) is 5.69 Å². The Balaban J connectivity index is 2.30. The van der Waals surface area contributed by atoms with Crippen molar-refractivity contribution in [3.63, 3.8) is 0 Å². The number of nitrogens with one attached hydrogen (secondary N) is 1. The van der Waals surface area contributed by atoms with Gasteiger partial charge in [0.15, 0.2) is 11.2 Å². The van der Waals surface area contributed by atoms with E-state index in [1.165, 1.54) is 18.7 Å². The van der Waals surface area contributed by atoms with Gasteiger partial charge in [0.25, 0.3) is 0 Å². The van der Waals surface area contributed by atoms with E-state index in [1.807, 2.05) is 19.9 Å². The van der Waals surface area contributed by atoms with Crippen molar-refractivity contribution < 1.29 is 13.6 Å². The topological polar surface area (TPSA) is 64.6 Å². The molecule has 1 aromatic carbocycles. The quantitative estimate of drug-likeness (QED) is 0.584. The SMILES string of the molecule is COc1c2occc2c(NCC=C(C)C)c2ccc(=O)oc12. The Morgan fingerprint density at radius 2 is 2.00 bits per heavy atom. The van der Waals surface area contributed by atoms with Gasteiger partial charge in [-0.3, -0.25) is 0 Å². The van der Waals surface area contributed by atoms with Crippen LogP contribution in [-0.2, 0) is 0 Å². The van der Waals surface area contributed by atoms with Crippen LogP contribution in [0.25, 0.3) is 21.9 Å². The summed E-state index contributed by atoms with van der Waals surface area (Å²) in [4.78, 5) is 11.6. The minimum atomic E-state index is -0.424. The summed E-state index contributed by atoms with van der Waals surface area (Å²) in [5.74, 6) is 0.431. The molecule has 0 aliphatic heterocycles. The zero-order valence-corrected chi connectivity index (χ0v) is 12.7. The molecule has 0 fully saturated rings. The first kappa shape index (κ1) is 14.3. The van der Waals surface area contributed by atoms with Crippen molar-refractivity contribution in [1.29, 1.82) is 0 Å². The summed E-state index contributed by atoms with van der Waals surface area (Å²) in [5.41, 5.74) is 2.61. The van der Waals surface area contributed by atoms with Crippen molar-refractivity contribution in [2.24, 2.45) is 0 Å². The van der Waals surface area contributed by atoms with Gasteiger partial charge in [-0.15, -0.1) is 0 Å². The highest BCUT2D eigenvalue weighted by Crippen LogP contribution is 2.41. The molecule has 0 bridgehead atoms. The molecule has 114 valence electrons. The van der Waals surface area contributed by atoms with E-state index in [-0.39, 0.29) is 0 Å². The first-order valence-electron chi connectivity index (χ1n) is 7.00. The molecule has 0 aliphatic rings. The molecule has 5 nitrogen and oxygen atoms in total. The number of fused-ring (bicyclic) bond motifs is 2. The number of anilines is 1. The third-order valence-corrected chi connectivity index (χ3v) is 3.44. The Bertz CT molecular complexity index is 913. The van der Waals surface area contributed by atoms with Gasteiger partial charge in [0.2, 0.25) is 5.75 Å². The van der Waals surface area contributed by atoms with Gasteiger partial charge >= 0.3 is 5.63 Å². The van der Waals surface area contributed by atoms with Gasteiger partial charge in [0.1, 0.15) is 0 Å². The van der Waals surface area contributed by atoms with Crippen LogP contribution >= 0.6 is 0 Å². The van der Waals surface area contributed by atoms with Crippen LogP contribution in [0.3, 0.4) is 0 Å². The molecule has 0 saturated heterocycles. The molecule has 1 N–H and O–H groups in total. The number of benzene rings is 1. The molecule has 22 heavy (non-hydrogen) atoms. The van der Waals surface area contributed by atoms with E-state index in [9.17, 15) is 4.79 Å². The van der Waals surface area contributed by atoms with E-state index < -0.39 is 5.63 Å². The van der Waals surface area contributed by atoms with Crippen molar-refractivity contribution in [1.82, 2.24) is 0 Å². The molecule has 0 unspecified atom stereocenters. The predicted molar refractivity (Wildman–Crippen MR) is 86.7 cm³/mol. The number of allylic oxidation sites excluding steroid dienone is 1. The largest absolute Gasteiger partial charge is 0.490 e. The maximum absolute atomic E-state index is 11.6. The van der Waals surface area contributed by atoms with E-state index in [0.29, 0.717) is 23.5 Å². The molecule has 5 heteroatoms. The molecular weight excluding hydrogens is 282 g/mol. The highest BCUT2D eigenvalue weighted by atomic mass is 16.5.